The fraction of sp³-hybridized carbons (Fsp3) is 0.773. The number of esters is 1. The molecular formula is C22H32Ac2O8. The van der Waals surface area contributed by atoms with Crippen molar-refractivity contribution in [2.24, 2.45) is 22.7 Å². The molecule has 2 bridgehead atoms. The van der Waals surface area contributed by atoms with Crippen molar-refractivity contribution < 1.29 is 128 Å². The molecule has 2 fully saturated rings. The molecule has 2 radical (unpaired) electrons. The summed E-state index contributed by atoms with van der Waals surface area (Å²) in [5.74, 6) is -4.03. The molecule has 3 aliphatic rings. The van der Waals surface area contributed by atoms with Gasteiger partial charge >= 0.3 is 5.97 Å². The fourth-order valence-corrected chi connectivity index (χ4v) is 6.05. The molecule has 3 rings (SSSR count). The van der Waals surface area contributed by atoms with Gasteiger partial charge in [-0.3, -0.25) is 14.4 Å². The predicted molar refractivity (Wildman–Crippen MR) is 105 cm³/mol. The van der Waals surface area contributed by atoms with E-state index < -0.39 is 70.2 Å². The normalized spacial score (nSPS) is 43.2. The van der Waals surface area contributed by atoms with Crippen LogP contribution < -0.4 is 0 Å². The molecular weight excluding hydrogens is 846 g/mol. The van der Waals surface area contributed by atoms with E-state index in [1.54, 1.807) is 27.7 Å². The minimum atomic E-state index is -1.97. The van der Waals surface area contributed by atoms with Gasteiger partial charge in [0.15, 0.2) is 11.6 Å². The quantitative estimate of drug-likeness (QED) is 0.218. The monoisotopic (exact) mass is 878 g/mol. The first-order chi connectivity index (χ1) is 13.6. The van der Waals surface area contributed by atoms with Crippen LogP contribution in [-0.2, 0) is 19.1 Å². The summed E-state index contributed by atoms with van der Waals surface area (Å²) < 4.78 is 5.53. The third kappa shape index (κ3) is 4.34. The molecule has 0 heterocycles. The standard InChI is InChI=1S/C22H32O8.2Ac/c1-9-7-12(24)16(26)15-19(30-11(3)23)22(29)8-13(25)10(2)14(20(22,4)5)17(27)18(28)21(9,15)6;;/h9,12-13,15,17,19,24-25,27,29H,7-8H2,1-6H3;;/t9?,12-,13-,15?,17+,19-,21+,22+;;/m0../s1. The zero-order valence-electron chi connectivity index (χ0n) is 19.5. The largest absolute Gasteiger partial charge is 0.459 e. The second kappa shape index (κ2) is 10.3. The van der Waals surface area contributed by atoms with Crippen molar-refractivity contribution in [3.8, 4) is 0 Å². The first-order valence-corrected chi connectivity index (χ1v) is 10.3. The van der Waals surface area contributed by atoms with Gasteiger partial charge < -0.3 is 25.2 Å². The van der Waals surface area contributed by atoms with Crippen molar-refractivity contribution in [3.05, 3.63) is 11.1 Å². The van der Waals surface area contributed by atoms with Crippen LogP contribution in [0.2, 0.25) is 0 Å². The van der Waals surface area contributed by atoms with Crippen molar-refractivity contribution in [3.63, 3.8) is 0 Å². The Morgan fingerprint density at radius 1 is 1.06 bits per heavy atom. The molecule has 0 aromatic carbocycles. The molecule has 2 unspecified atom stereocenters. The molecule has 0 amide bonds. The second-order valence-electron chi connectivity index (χ2n) is 9.98. The summed E-state index contributed by atoms with van der Waals surface area (Å²) in [6.45, 7) is 9.15. The Morgan fingerprint density at radius 3 is 2.09 bits per heavy atom. The van der Waals surface area contributed by atoms with E-state index in [0.29, 0.717) is 5.57 Å². The maximum Gasteiger partial charge on any atom is 0.303 e. The third-order valence-electron chi connectivity index (χ3n) is 8.19. The summed E-state index contributed by atoms with van der Waals surface area (Å²) in [5, 5.41) is 44.2. The molecule has 0 aliphatic heterocycles. The van der Waals surface area contributed by atoms with Gasteiger partial charge in [-0.05, 0) is 30.4 Å². The van der Waals surface area contributed by atoms with Crippen LogP contribution in [0.15, 0.2) is 11.1 Å². The molecule has 0 spiro atoms. The molecule has 0 saturated heterocycles. The van der Waals surface area contributed by atoms with Crippen molar-refractivity contribution in [2.75, 3.05) is 0 Å². The number of carbonyl (C=O) groups excluding carboxylic acids is 3. The van der Waals surface area contributed by atoms with Gasteiger partial charge in [-0.1, -0.05) is 27.7 Å². The molecule has 0 aromatic rings. The Balaban J connectivity index is 0.00000256. The van der Waals surface area contributed by atoms with E-state index in [9.17, 15) is 34.8 Å². The van der Waals surface area contributed by atoms with Gasteiger partial charge in [0.1, 0.15) is 23.9 Å². The molecule has 8 nitrogen and oxygen atoms in total. The van der Waals surface area contributed by atoms with Crippen LogP contribution in [0.3, 0.4) is 0 Å². The first-order valence-electron chi connectivity index (χ1n) is 10.3. The maximum atomic E-state index is 13.7. The maximum absolute atomic E-state index is 13.7. The van der Waals surface area contributed by atoms with E-state index in [0.717, 1.165) is 6.92 Å². The number of hydrogen-bond donors (Lipinski definition) is 4. The molecule has 174 valence electrons. The smallest absolute Gasteiger partial charge is 0.303 e. The molecule has 8 atom stereocenters. The SMILES string of the molecule is CC(=O)O[C@H]1C2C(=O)[C@@H](O)CC(C)[C@@]2(C)C(=O)[C@H](O)C2=C(C)[C@@H](O)C[C@]1(O)C2(C)C.[Ac].[Ac]. The zero-order valence-corrected chi connectivity index (χ0v) is 28.9. The van der Waals surface area contributed by atoms with Crippen LogP contribution in [0.1, 0.15) is 54.4 Å². The van der Waals surface area contributed by atoms with Gasteiger partial charge in [0.05, 0.1) is 12.0 Å². The second-order valence-corrected chi connectivity index (χ2v) is 9.98. The number of fused-ring (bicyclic) bond motifs is 3. The number of ether oxygens (including phenoxy) is 1. The number of ketones is 2. The van der Waals surface area contributed by atoms with E-state index in [1.165, 1.54) is 6.92 Å². The third-order valence-corrected chi connectivity index (χ3v) is 8.19. The Morgan fingerprint density at radius 2 is 1.59 bits per heavy atom. The molecule has 3 aliphatic carbocycles. The summed E-state index contributed by atoms with van der Waals surface area (Å²) in [7, 11) is 0. The van der Waals surface area contributed by atoms with Crippen LogP contribution in [0.5, 0.6) is 0 Å². The number of aliphatic hydroxyl groups is 4. The molecule has 2 saturated carbocycles. The van der Waals surface area contributed by atoms with Crippen molar-refractivity contribution in [1.29, 1.82) is 0 Å². The van der Waals surface area contributed by atoms with E-state index in [2.05, 4.69) is 0 Å². The Bertz CT molecular complexity index is 840. The Labute approximate surface area is 260 Å². The van der Waals surface area contributed by atoms with E-state index in [-0.39, 0.29) is 107 Å². The Hall–Kier alpha value is 1.27. The van der Waals surface area contributed by atoms with Crippen LogP contribution in [0.25, 0.3) is 0 Å². The van der Waals surface area contributed by atoms with Crippen LogP contribution >= 0.6 is 0 Å². The summed E-state index contributed by atoms with van der Waals surface area (Å²) in [6.07, 6.45) is -5.98. The van der Waals surface area contributed by atoms with Gasteiger partial charge in [0.25, 0.3) is 0 Å². The van der Waals surface area contributed by atoms with Crippen LogP contribution in [-0.4, -0.2) is 68.0 Å². The molecule has 4 N–H and O–H groups in total. The number of hydrogen-bond acceptors (Lipinski definition) is 8. The zero-order chi connectivity index (χ0) is 23.0. The van der Waals surface area contributed by atoms with Gasteiger partial charge in [0, 0.05) is 112 Å². The predicted octanol–water partition coefficient (Wildman–Crippen LogP) is 0.292. The summed E-state index contributed by atoms with van der Waals surface area (Å²) >= 11 is 0. The molecule has 0 aromatic heterocycles. The fourth-order valence-electron chi connectivity index (χ4n) is 6.05. The van der Waals surface area contributed by atoms with Crippen LogP contribution in [0, 0.1) is 111 Å². The average molecular weight is 878 g/mol. The number of Topliss-reactive ketones (excluding diaryl/α,β-unsaturated/α-hetero) is 2. The average Bonchev–Trinajstić information content (AvgIpc) is 2.62. The van der Waals surface area contributed by atoms with Crippen molar-refractivity contribution in [2.45, 2.75) is 84.4 Å². The Kier molecular flexibility index (Phi) is 10.1. The van der Waals surface area contributed by atoms with Gasteiger partial charge in [0.2, 0.25) is 0 Å². The van der Waals surface area contributed by atoms with E-state index in [4.69, 9.17) is 4.74 Å². The number of aliphatic hydroxyl groups excluding tert-OH is 3. The van der Waals surface area contributed by atoms with E-state index in [1.807, 2.05) is 0 Å². The molecule has 32 heavy (non-hydrogen) atoms. The van der Waals surface area contributed by atoms with Crippen molar-refractivity contribution in [1.82, 2.24) is 0 Å². The van der Waals surface area contributed by atoms with Crippen molar-refractivity contribution >= 4 is 17.5 Å². The summed E-state index contributed by atoms with van der Waals surface area (Å²) in [6, 6.07) is 0. The summed E-state index contributed by atoms with van der Waals surface area (Å²) in [5.41, 5.74) is -4.21. The topological polar surface area (TPSA) is 141 Å². The van der Waals surface area contributed by atoms with Gasteiger partial charge in [-0.15, -0.1) is 0 Å². The first kappa shape index (κ1) is 31.3. The number of carbonyl (C=O) groups is 3. The minimum Gasteiger partial charge on any atom is -0.459 e. The molecule has 10 heteroatoms. The van der Waals surface area contributed by atoms with Gasteiger partial charge in [-0.2, -0.15) is 0 Å². The van der Waals surface area contributed by atoms with E-state index >= 15 is 0 Å². The number of rotatable bonds is 1. The summed E-state index contributed by atoms with van der Waals surface area (Å²) in [4.78, 5) is 38.9. The minimum absolute atomic E-state index is 0. The van der Waals surface area contributed by atoms with Crippen LogP contribution in [0.4, 0.5) is 0 Å². The van der Waals surface area contributed by atoms with Gasteiger partial charge in [-0.25, -0.2) is 0 Å².